The van der Waals surface area contributed by atoms with Gasteiger partial charge in [0.05, 0.1) is 11.2 Å². The van der Waals surface area contributed by atoms with Crippen molar-refractivity contribution in [1.29, 1.82) is 0 Å². The van der Waals surface area contributed by atoms with Crippen LogP contribution in [-0.4, -0.2) is 35.8 Å². The number of nitrogens with zero attached hydrogens (tertiary/aromatic N) is 4. The second-order valence-electron chi connectivity index (χ2n) is 3.79. The number of carboxylic acid groups (broad SMARTS) is 1. The van der Waals surface area contributed by atoms with E-state index in [1.165, 1.54) is 22.3 Å². The Bertz CT molecular complexity index is 728. The average Bonchev–Trinajstić information content (AvgIpc) is 3.07. The monoisotopic (exact) mass is 275 g/mol. The third-order valence-corrected chi connectivity index (χ3v) is 3.44. The number of H-pyrrole nitrogens is 1. The molecular formula is C11H9N5O2S. The zero-order valence-corrected chi connectivity index (χ0v) is 10.7. The van der Waals surface area contributed by atoms with Gasteiger partial charge in [-0.3, -0.25) is 0 Å². The summed E-state index contributed by atoms with van der Waals surface area (Å²) in [6.45, 7) is 0. The first-order valence-corrected chi connectivity index (χ1v) is 6.26. The zero-order valence-electron chi connectivity index (χ0n) is 9.86. The van der Waals surface area contributed by atoms with E-state index < -0.39 is 5.97 Å². The van der Waals surface area contributed by atoms with Gasteiger partial charge in [0.15, 0.2) is 17.3 Å². The quantitative estimate of drug-likeness (QED) is 0.757. The first-order chi connectivity index (χ1) is 9.16. The average molecular weight is 275 g/mol. The van der Waals surface area contributed by atoms with Gasteiger partial charge < -0.3 is 10.1 Å². The third kappa shape index (κ3) is 1.91. The second-order valence-corrected chi connectivity index (χ2v) is 4.74. The predicted octanol–water partition coefficient (Wildman–Crippen LogP) is 1.63. The summed E-state index contributed by atoms with van der Waals surface area (Å²) >= 11 is 1.52. The summed E-state index contributed by atoms with van der Waals surface area (Å²) in [5.41, 5.74) is 0.290. The van der Waals surface area contributed by atoms with Crippen LogP contribution in [0.25, 0.3) is 22.2 Å². The van der Waals surface area contributed by atoms with Gasteiger partial charge in [-0.05, 0) is 11.4 Å². The fourth-order valence-electron chi connectivity index (χ4n) is 1.73. The molecule has 3 aromatic heterocycles. The van der Waals surface area contributed by atoms with Crippen LogP contribution in [0.15, 0.2) is 23.8 Å². The molecule has 8 heteroatoms. The van der Waals surface area contributed by atoms with Crippen molar-refractivity contribution < 1.29 is 9.90 Å². The number of imidazole rings is 1. The molecule has 3 aromatic rings. The predicted molar refractivity (Wildman–Crippen MR) is 68.9 cm³/mol. The molecule has 0 aliphatic rings. The maximum absolute atomic E-state index is 11.1. The summed E-state index contributed by atoms with van der Waals surface area (Å²) in [7, 11) is 1.71. The smallest absolute Gasteiger partial charge is 0.354 e. The van der Waals surface area contributed by atoms with E-state index in [0.29, 0.717) is 11.6 Å². The van der Waals surface area contributed by atoms with Crippen LogP contribution in [-0.2, 0) is 7.05 Å². The number of hydrogen-bond acceptors (Lipinski definition) is 5. The molecule has 7 nitrogen and oxygen atoms in total. The van der Waals surface area contributed by atoms with E-state index in [2.05, 4.69) is 20.1 Å². The fraction of sp³-hybridized carbons (Fsp3) is 0.0909. The van der Waals surface area contributed by atoms with Crippen LogP contribution in [0.1, 0.15) is 10.5 Å². The van der Waals surface area contributed by atoms with E-state index in [9.17, 15) is 4.79 Å². The number of aromatic amines is 1. The van der Waals surface area contributed by atoms with E-state index >= 15 is 0 Å². The molecule has 19 heavy (non-hydrogen) atoms. The van der Waals surface area contributed by atoms with Crippen LogP contribution in [0.4, 0.5) is 0 Å². The Hall–Kier alpha value is -2.48. The van der Waals surface area contributed by atoms with Crippen LogP contribution in [0.5, 0.6) is 0 Å². The number of hydrogen-bond donors (Lipinski definition) is 2. The molecule has 96 valence electrons. The van der Waals surface area contributed by atoms with E-state index in [-0.39, 0.29) is 11.4 Å². The summed E-state index contributed by atoms with van der Waals surface area (Å²) < 4.78 is 1.53. The van der Waals surface area contributed by atoms with Gasteiger partial charge in [-0.1, -0.05) is 6.07 Å². The highest BCUT2D eigenvalue weighted by Gasteiger charge is 2.20. The summed E-state index contributed by atoms with van der Waals surface area (Å²) in [6, 6.07) is 3.82. The summed E-state index contributed by atoms with van der Waals surface area (Å²) in [6.07, 6.45) is 1.33. The molecule has 0 aromatic carbocycles. The molecule has 0 aliphatic heterocycles. The standard InChI is InChI=1S/C11H9N5O2S/c1-16-10(7-8(11(17)18)13-5-12-7)14-9(15-16)6-3-2-4-19-6/h2-5H,1H3,(H,12,13)(H,17,18). The molecule has 0 unspecified atom stereocenters. The molecule has 0 bridgehead atoms. The van der Waals surface area contributed by atoms with Crippen molar-refractivity contribution in [2.24, 2.45) is 7.05 Å². The molecule has 0 fully saturated rings. The molecule has 3 heterocycles. The van der Waals surface area contributed by atoms with Crippen LogP contribution in [0.2, 0.25) is 0 Å². The molecule has 0 aliphatic carbocycles. The molecule has 2 N–H and O–H groups in total. The lowest BCUT2D eigenvalue weighted by atomic mass is 10.3. The number of aryl methyl sites for hydroxylation is 1. The maximum atomic E-state index is 11.1. The largest absolute Gasteiger partial charge is 0.477 e. The van der Waals surface area contributed by atoms with Crippen LogP contribution >= 0.6 is 11.3 Å². The van der Waals surface area contributed by atoms with Crippen molar-refractivity contribution in [2.75, 3.05) is 0 Å². The number of nitrogens with one attached hydrogen (secondary N) is 1. The Morgan fingerprint density at radius 3 is 3.05 bits per heavy atom. The lowest BCUT2D eigenvalue weighted by molar-refractivity contribution is 0.0692. The van der Waals surface area contributed by atoms with Crippen molar-refractivity contribution in [3.05, 3.63) is 29.5 Å². The van der Waals surface area contributed by atoms with Crippen LogP contribution < -0.4 is 0 Å². The summed E-state index contributed by atoms with van der Waals surface area (Å²) in [5, 5.41) is 15.3. The highest BCUT2D eigenvalue weighted by atomic mass is 32.1. The number of aromatic carboxylic acids is 1. The van der Waals surface area contributed by atoms with Crippen molar-refractivity contribution >= 4 is 17.3 Å². The van der Waals surface area contributed by atoms with Gasteiger partial charge in [-0.15, -0.1) is 16.4 Å². The Morgan fingerprint density at radius 2 is 2.37 bits per heavy atom. The normalized spacial score (nSPS) is 10.8. The van der Waals surface area contributed by atoms with Crippen molar-refractivity contribution in [3.63, 3.8) is 0 Å². The molecule has 3 rings (SSSR count). The molecule has 0 atom stereocenters. The molecule has 0 saturated heterocycles. The number of thiophene rings is 1. The topological polar surface area (TPSA) is 96.7 Å². The first-order valence-electron chi connectivity index (χ1n) is 5.39. The van der Waals surface area contributed by atoms with E-state index in [0.717, 1.165) is 4.88 Å². The summed E-state index contributed by atoms with van der Waals surface area (Å²) in [4.78, 5) is 22.9. The highest BCUT2D eigenvalue weighted by molar-refractivity contribution is 7.13. The van der Waals surface area contributed by atoms with Crippen LogP contribution in [0, 0.1) is 0 Å². The minimum atomic E-state index is -1.08. The minimum absolute atomic E-state index is 0.00762. The van der Waals surface area contributed by atoms with Crippen molar-refractivity contribution in [2.45, 2.75) is 0 Å². The molecule has 0 saturated carbocycles. The van der Waals surface area contributed by atoms with Gasteiger partial charge in [-0.2, -0.15) is 0 Å². The van der Waals surface area contributed by atoms with Crippen LogP contribution in [0.3, 0.4) is 0 Å². The highest BCUT2D eigenvalue weighted by Crippen LogP contribution is 2.25. The lowest BCUT2D eigenvalue weighted by Crippen LogP contribution is -2.02. The van der Waals surface area contributed by atoms with Gasteiger partial charge in [0.1, 0.15) is 5.69 Å². The molecular weight excluding hydrogens is 266 g/mol. The van der Waals surface area contributed by atoms with Gasteiger partial charge in [0, 0.05) is 7.05 Å². The minimum Gasteiger partial charge on any atom is -0.477 e. The number of carboxylic acids is 1. The van der Waals surface area contributed by atoms with E-state index in [4.69, 9.17) is 5.11 Å². The Balaban J connectivity index is 2.11. The fourth-order valence-corrected chi connectivity index (χ4v) is 2.38. The Kier molecular flexibility index (Phi) is 2.64. The third-order valence-electron chi connectivity index (χ3n) is 2.57. The number of carbonyl (C=O) groups is 1. The Labute approximate surface area is 111 Å². The zero-order chi connectivity index (χ0) is 13.4. The molecule has 0 amide bonds. The van der Waals surface area contributed by atoms with Crippen molar-refractivity contribution in [3.8, 4) is 22.2 Å². The molecule has 0 radical (unpaired) electrons. The van der Waals surface area contributed by atoms with Crippen molar-refractivity contribution in [1.82, 2.24) is 24.7 Å². The van der Waals surface area contributed by atoms with Gasteiger partial charge >= 0.3 is 5.97 Å². The molecule has 0 spiro atoms. The number of aromatic nitrogens is 5. The van der Waals surface area contributed by atoms with E-state index in [1.54, 1.807) is 7.05 Å². The van der Waals surface area contributed by atoms with E-state index in [1.807, 2.05) is 17.5 Å². The van der Waals surface area contributed by atoms with Gasteiger partial charge in [-0.25, -0.2) is 19.4 Å². The second kappa shape index (κ2) is 4.32. The summed E-state index contributed by atoms with van der Waals surface area (Å²) in [5.74, 6) is -0.0953. The lowest BCUT2D eigenvalue weighted by Gasteiger charge is -1.96. The Morgan fingerprint density at radius 1 is 1.53 bits per heavy atom. The maximum Gasteiger partial charge on any atom is 0.354 e. The van der Waals surface area contributed by atoms with Gasteiger partial charge in [0.2, 0.25) is 0 Å². The van der Waals surface area contributed by atoms with Gasteiger partial charge in [0.25, 0.3) is 0 Å². The SMILES string of the molecule is Cn1nc(-c2cccs2)nc1-c1nc[nH]c1C(=O)O. The first kappa shape index (κ1) is 11.6. The number of rotatable bonds is 3.